The van der Waals surface area contributed by atoms with Crippen LogP contribution in [0.4, 0.5) is 0 Å². The molecule has 20 heavy (non-hydrogen) atoms. The summed E-state index contributed by atoms with van der Waals surface area (Å²) < 4.78 is 0. The van der Waals surface area contributed by atoms with E-state index in [-0.39, 0.29) is 5.92 Å². The van der Waals surface area contributed by atoms with E-state index in [2.05, 4.69) is 0 Å². The molecule has 2 N–H and O–H groups in total. The Hall–Kier alpha value is -1.84. The minimum absolute atomic E-state index is 0.283. The summed E-state index contributed by atoms with van der Waals surface area (Å²) >= 11 is 0. The van der Waals surface area contributed by atoms with Crippen molar-refractivity contribution < 1.29 is 9.59 Å². The van der Waals surface area contributed by atoms with Crippen LogP contribution >= 0.6 is 0 Å². The van der Waals surface area contributed by atoms with Crippen molar-refractivity contribution >= 4 is 11.8 Å². The Labute approximate surface area is 118 Å². The average Bonchev–Trinajstić information content (AvgIpc) is 3.31. The summed E-state index contributed by atoms with van der Waals surface area (Å²) in [7, 11) is 0. The standard InChI is InChI=1S/C16H20N2O2/c17-15(19)13-4-1-3-12(9-13)14-5-2-8-18(10-14)16(20)11-6-7-11/h1,3-4,9,11,14H,2,5-8,10H2,(H2,17,19). The smallest absolute Gasteiger partial charge is 0.248 e. The molecule has 1 aromatic carbocycles. The lowest BCUT2D eigenvalue weighted by Crippen LogP contribution is -2.40. The second kappa shape index (κ2) is 5.27. The normalized spacial score (nSPS) is 22.6. The third-order valence-corrected chi connectivity index (χ3v) is 4.30. The molecule has 2 aliphatic rings. The fraction of sp³-hybridized carbons (Fsp3) is 0.500. The molecule has 2 amide bonds. The number of carbonyl (C=O) groups is 2. The molecule has 0 radical (unpaired) electrons. The highest BCUT2D eigenvalue weighted by Crippen LogP contribution is 2.34. The van der Waals surface area contributed by atoms with Crippen molar-refractivity contribution in [3.63, 3.8) is 0 Å². The number of amides is 2. The quantitative estimate of drug-likeness (QED) is 0.913. The first-order chi connectivity index (χ1) is 9.65. The summed E-state index contributed by atoms with van der Waals surface area (Å²) in [5.74, 6) is 0.533. The van der Waals surface area contributed by atoms with E-state index >= 15 is 0 Å². The number of likely N-dealkylation sites (tertiary alicyclic amines) is 1. The first-order valence-electron chi connectivity index (χ1n) is 7.33. The van der Waals surface area contributed by atoms with Crippen LogP contribution in [-0.2, 0) is 4.79 Å². The van der Waals surface area contributed by atoms with Crippen LogP contribution in [0.1, 0.15) is 47.5 Å². The average molecular weight is 272 g/mol. The molecule has 1 aromatic rings. The van der Waals surface area contributed by atoms with Gasteiger partial charge in [-0.05, 0) is 43.4 Å². The number of nitrogens with two attached hydrogens (primary N) is 1. The van der Waals surface area contributed by atoms with E-state index in [0.29, 0.717) is 17.4 Å². The van der Waals surface area contributed by atoms with Gasteiger partial charge in [-0.2, -0.15) is 0 Å². The Morgan fingerprint density at radius 3 is 2.70 bits per heavy atom. The fourth-order valence-electron chi connectivity index (χ4n) is 2.98. The van der Waals surface area contributed by atoms with Gasteiger partial charge in [0.15, 0.2) is 0 Å². The highest BCUT2D eigenvalue weighted by atomic mass is 16.2. The number of hydrogen-bond acceptors (Lipinski definition) is 2. The van der Waals surface area contributed by atoms with Gasteiger partial charge in [-0.15, -0.1) is 0 Å². The van der Waals surface area contributed by atoms with Gasteiger partial charge in [0.2, 0.25) is 11.8 Å². The summed E-state index contributed by atoms with van der Waals surface area (Å²) in [6.07, 6.45) is 4.20. The van der Waals surface area contributed by atoms with Crippen molar-refractivity contribution in [1.82, 2.24) is 4.90 Å². The lowest BCUT2D eigenvalue weighted by atomic mass is 9.89. The molecule has 1 aliphatic carbocycles. The molecule has 4 nitrogen and oxygen atoms in total. The SMILES string of the molecule is NC(=O)c1cccc(C2CCCN(C(=O)C3CC3)C2)c1. The van der Waals surface area contributed by atoms with Gasteiger partial charge in [0.1, 0.15) is 0 Å². The molecule has 0 bridgehead atoms. The molecular formula is C16H20N2O2. The highest BCUT2D eigenvalue weighted by Gasteiger charge is 2.35. The maximum atomic E-state index is 12.2. The minimum atomic E-state index is -0.395. The van der Waals surface area contributed by atoms with Gasteiger partial charge in [-0.25, -0.2) is 0 Å². The number of piperidine rings is 1. The van der Waals surface area contributed by atoms with E-state index in [4.69, 9.17) is 5.73 Å². The van der Waals surface area contributed by atoms with Gasteiger partial charge in [0, 0.05) is 30.5 Å². The Bertz CT molecular complexity index is 537. The first-order valence-corrected chi connectivity index (χ1v) is 7.33. The van der Waals surface area contributed by atoms with E-state index in [1.54, 1.807) is 6.07 Å². The maximum Gasteiger partial charge on any atom is 0.248 e. The monoisotopic (exact) mass is 272 g/mol. The van der Waals surface area contributed by atoms with E-state index in [0.717, 1.165) is 44.3 Å². The van der Waals surface area contributed by atoms with Crippen molar-refractivity contribution in [1.29, 1.82) is 0 Å². The molecule has 1 saturated heterocycles. The van der Waals surface area contributed by atoms with Crippen LogP contribution in [0.3, 0.4) is 0 Å². The molecule has 1 aliphatic heterocycles. The van der Waals surface area contributed by atoms with Gasteiger partial charge >= 0.3 is 0 Å². The Morgan fingerprint density at radius 1 is 1.20 bits per heavy atom. The number of carbonyl (C=O) groups excluding carboxylic acids is 2. The largest absolute Gasteiger partial charge is 0.366 e. The highest BCUT2D eigenvalue weighted by molar-refractivity contribution is 5.92. The van der Waals surface area contributed by atoms with Crippen LogP contribution < -0.4 is 5.73 Å². The molecular weight excluding hydrogens is 252 g/mol. The molecule has 1 heterocycles. The molecule has 1 unspecified atom stereocenters. The van der Waals surface area contributed by atoms with Crippen molar-refractivity contribution in [3.8, 4) is 0 Å². The van der Waals surface area contributed by atoms with Gasteiger partial charge < -0.3 is 10.6 Å². The number of nitrogens with zero attached hydrogens (tertiary/aromatic N) is 1. The summed E-state index contributed by atoms with van der Waals surface area (Å²) in [6, 6.07) is 7.51. The summed E-state index contributed by atoms with van der Waals surface area (Å²) in [4.78, 5) is 25.4. The van der Waals surface area contributed by atoms with Crippen LogP contribution in [0.25, 0.3) is 0 Å². The van der Waals surface area contributed by atoms with Crippen molar-refractivity contribution in [2.45, 2.75) is 31.6 Å². The van der Waals surface area contributed by atoms with Crippen LogP contribution in [-0.4, -0.2) is 29.8 Å². The second-order valence-corrected chi connectivity index (χ2v) is 5.89. The topological polar surface area (TPSA) is 63.4 Å². The van der Waals surface area contributed by atoms with E-state index in [9.17, 15) is 9.59 Å². The summed E-state index contributed by atoms with van der Waals surface area (Å²) in [5, 5.41) is 0. The van der Waals surface area contributed by atoms with Crippen LogP contribution in [0.2, 0.25) is 0 Å². The Balaban J connectivity index is 1.74. The molecule has 0 aromatic heterocycles. The molecule has 1 saturated carbocycles. The lowest BCUT2D eigenvalue weighted by Gasteiger charge is -2.33. The van der Waals surface area contributed by atoms with E-state index in [1.807, 2.05) is 23.1 Å². The zero-order valence-corrected chi connectivity index (χ0v) is 11.5. The third-order valence-electron chi connectivity index (χ3n) is 4.30. The number of benzene rings is 1. The molecule has 0 spiro atoms. The van der Waals surface area contributed by atoms with Crippen LogP contribution in [0, 0.1) is 5.92 Å². The van der Waals surface area contributed by atoms with Crippen molar-refractivity contribution in [2.24, 2.45) is 11.7 Å². The molecule has 3 rings (SSSR count). The number of hydrogen-bond donors (Lipinski definition) is 1. The molecule has 2 fully saturated rings. The van der Waals surface area contributed by atoms with Gasteiger partial charge in [0.25, 0.3) is 0 Å². The number of primary amides is 1. The van der Waals surface area contributed by atoms with E-state index < -0.39 is 5.91 Å². The van der Waals surface area contributed by atoms with Gasteiger partial charge in [0.05, 0.1) is 0 Å². The Kier molecular flexibility index (Phi) is 3.47. The van der Waals surface area contributed by atoms with Gasteiger partial charge in [-0.1, -0.05) is 12.1 Å². The maximum absolute atomic E-state index is 12.2. The van der Waals surface area contributed by atoms with Gasteiger partial charge in [-0.3, -0.25) is 9.59 Å². The zero-order valence-electron chi connectivity index (χ0n) is 11.5. The minimum Gasteiger partial charge on any atom is -0.366 e. The molecule has 106 valence electrons. The van der Waals surface area contributed by atoms with Crippen molar-refractivity contribution in [3.05, 3.63) is 35.4 Å². The van der Waals surface area contributed by atoms with E-state index in [1.165, 1.54) is 0 Å². The molecule has 1 atom stereocenters. The summed E-state index contributed by atoms with van der Waals surface area (Å²) in [5.41, 5.74) is 7.00. The van der Waals surface area contributed by atoms with Crippen molar-refractivity contribution in [2.75, 3.05) is 13.1 Å². The first kappa shape index (κ1) is 13.2. The summed E-state index contributed by atoms with van der Waals surface area (Å²) in [6.45, 7) is 1.65. The predicted molar refractivity (Wildman–Crippen MR) is 76.2 cm³/mol. The van der Waals surface area contributed by atoms with Crippen LogP contribution in [0.15, 0.2) is 24.3 Å². The second-order valence-electron chi connectivity index (χ2n) is 5.89. The predicted octanol–water partition coefficient (Wildman–Crippen LogP) is 1.90. The zero-order chi connectivity index (χ0) is 14.1. The lowest BCUT2D eigenvalue weighted by molar-refractivity contribution is -0.133. The Morgan fingerprint density at radius 2 is 2.00 bits per heavy atom. The fourth-order valence-corrected chi connectivity index (χ4v) is 2.98. The third kappa shape index (κ3) is 2.69. The van der Waals surface area contributed by atoms with Crippen LogP contribution in [0.5, 0.6) is 0 Å². The number of rotatable bonds is 3. The molecule has 4 heteroatoms.